The number of piperidine rings is 1. The van der Waals surface area contributed by atoms with E-state index in [2.05, 4.69) is 26.0 Å². The maximum absolute atomic E-state index is 14.2. The Morgan fingerprint density at radius 2 is 1.56 bits per heavy atom. The topological polar surface area (TPSA) is 41.6 Å². The van der Waals surface area contributed by atoms with Crippen molar-refractivity contribution in [2.45, 2.75) is 42.9 Å². The number of carbonyl (C=O) groups is 1. The number of anilines is 1. The van der Waals surface area contributed by atoms with E-state index in [1.54, 1.807) is 18.2 Å². The molecule has 2 unspecified atom stereocenters. The van der Waals surface area contributed by atoms with Gasteiger partial charge >= 0.3 is 12.5 Å². The summed E-state index contributed by atoms with van der Waals surface area (Å²) in [5.41, 5.74) is -0.369. The van der Waals surface area contributed by atoms with Crippen LogP contribution in [-0.2, 0) is 0 Å². The summed E-state index contributed by atoms with van der Waals surface area (Å²) in [7, 11) is 0. The molecule has 3 aromatic carbocycles. The fourth-order valence-corrected chi connectivity index (χ4v) is 6.16. The average Bonchev–Trinajstić information content (AvgIpc) is 2.87. The van der Waals surface area contributed by atoms with E-state index in [9.17, 15) is 39.9 Å². The van der Waals surface area contributed by atoms with Gasteiger partial charge in [-0.2, -0.15) is 13.2 Å². The summed E-state index contributed by atoms with van der Waals surface area (Å²) in [5, 5.41) is 3.36. The smallest absolute Gasteiger partial charge is 0.406 e. The SMILES string of the molecule is O=C1c2ccc(Br)cc2NC2(CCN(C(c3ccc(F)c(F)c3)C(F)(F)F)CC2)C1c1ccc(OC(F)(F)F)cc1. The zero-order valence-corrected chi connectivity index (χ0v) is 22.5. The lowest BCUT2D eigenvalue weighted by atomic mass is 9.67. The standard InChI is InChI=1S/C28H21BrF8N2O2/c29-17-4-7-19-22(14-17)38-26(23(24(19)40)15-1-5-18(6-2-15)41-28(35,36)37)9-11-39(12-10-26)25(27(32,33)34)16-3-8-20(30)21(31)13-16/h1-8,13-14,23,25,38H,9-12H2. The van der Waals surface area contributed by atoms with E-state index in [0.29, 0.717) is 33.4 Å². The van der Waals surface area contributed by atoms with Gasteiger partial charge in [-0.25, -0.2) is 8.78 Å². The number of benzene rings is 3. The molecule has 2 atom stereocenters. The Kier molecular flexibility index (Phi) is 7.56. The van der Waals surface area contributed by atoms with Gasteiger partial charge in [0.25, 0.3) is 0 Å². The molecule has 1 N–H and O–H groups in total. The molecular weight excluding hydrogens is 628 g/mol. The first-order valence-electron chi connectivity index (χ1n) is 12.4. The minimum Gasteiger partial charge on any atom is -0.406 e. The molecule has 3 aromatic rings. The van der Waals surface area contributed by atoms with Crippen molar-refractivity contribution >= 4 is 27.4 Å². The molecule has 13 heteroatoms. The first-order chi connectivity index (χ1) is 19.2. The van der Waals surface area contributed by atoms with Gasteiger partial charge in [0.1, 0.15) is 11.8 Å². The van der Waals surface area contributed by atoms with E-state index in [1.165, 1.54) is 12.1 Å². The number of nitrogens with zero attached hydrogens (tertiary/aromatic N) is 1. The molecule has 0 radical (unpaired) electrons. The molecule has 5 rings (SSSR count). The first-order valence-corrected chi connectivity index (χ1v) is 13.2. The van der Waals surface area contributed by atoms with Crippen molar-refractivity contribution in [2.75, 3.05) is 18.4 Å². The maximum atomic E-state index is 14.2. The second-order valence-electron chi connectivity index (χ2n) is 10.0. The van der Waals surface area contributed by atoms with Gasteiger partial charge in [0.2, 0.25) is 0 Å². The summed E-state index contributed by atoms with van der Waals surface area (Å²) in [4.78, 5) is 15.0. The highest BCUT2D eigenvalue weighted by molar-refractivity contribution is 9.10. The normalized spacial score (nSPS) is 19.9. The number of hydrogen-bond donors (Lipinski definition) is 1. The molecule has 0 bridgehead atoms. The van der Waals surface area contributed by atoms with Gasteiger partial charge in [-0.1, -0.05) is 34.1 Å². The minimum absolute atomic E-state index is 0.0341. The fourth-order valence-electron chi connectivity index (χ4n) is 5.80. The average molecular weight is 649 g/mol. The molecule has 1 spiro atoms. The van der Waals surface area contributed by atoms with E-state index in [1.807, 2.05) is 0 Å². The van der Waals surface area contributed by atoms with Gasteiger partial charge in [-0.15, -0.1) is 13.2 Å². The van der Waals surface area contributed by atoms with Crippen molar-refractivity contribution in [3.63, 3.8) is 0 Å². The quantitative estimate of drug-likeness (QED) is 0.290. The van der Waals surface area contributed by atoms with E-state index in [4.69, 9.17) is 0 Å². The third-order valence-corrected chi connectivity index (χ3v) is 8.01. The Hall–Kier alpha value is -3.19. The van der Waals surface area contributed by atoms with Crippen molar-refractivity contribution in [2.24, 2.45) is 0 Å². The number of halogens is 9. The monoisotopic (exact) mass is 648 g/mol. The molecule has 0 aliphatic carbocycles. The molecule has 218 valence electrons. The van der Waals surface area contributed by atoms with Gasteiger partial charge in [0.05, 0.1) is 11.5 Å². The highest BCUT2D eigenvalue weighted by Crippen LogP contribution is 2.49. The number of Topliss-reactive ketones (excluding diaryl/α,β-unsaturated/α-hetero) is 1. The Bertz CT molecular complexity index is 1450. The predicted molar refractivity (Wildman–Crippen MR) is 137 cm³/mol. The Morgan fingerprint density at radius 3 is 2.15 bits per heavy atom. The molecular formula is C28H21BrF8N2O2. The van der Waals surface area contributed by atoms with Crippen molar-refractivity contribution in [1.29, 1.82) is 0 Å². The van der Waals surface area contributed by atoms with Gasteiger partial charge in [-0.05, 0) is 66.4 Å². The predicted octanol–water partition coefficient (Wildman–Crippen LogP) is 8.16. The summed E-state index contributed by atoms with van der Waals surface area (Å²) >= 11 is 3.35. The van der Waals surface area contributed by atoms with Crippen LogP contribution in [0.25, 0.3) is 0 Å². The molecule has 1 saturated heterocycles. The summed E-state index contributed by atoms with van der Waals surface area (Å²) < 4.78 is 113. The van der Waals surface area contributed by atoms with Crippen LogP contribution in [0.2, 0.25) is 0 Å². The Balaban J connectivity index is 1.50. The lowest BCUT2D eigenvalue weighted by Gasteiger charge is -2.51. The highest BCUT2D eigenvalue weighted by atomic mass is 79.9. The molecule has 2 heterocycles. The van der Waals surface area contributed by atoms with Gasteiger partial charge in [-0.3, -0.25) is 9.69 Å². The second kappa shape index (κ2) is 10.6. The van der Waals surface area contributed by atoms with Crippen LogP contribution in [0.5, 0.6) is 5.75 Å². The lowest BCUT2D eigenvalue weighted by molar-refractivity contribution is -0.274. The first kappa shape index (κ1) is 29.3. The summed E-state index contributed by atoms with van der Waals surface area (Å²) in [6.07, 6.45) is -9.65. The number of ether oxygens (including phenoxy) is 1. The molecule has 1 fully saturated rings. The second-order valence-corrected chi connectivity index (χ2v) is 11.0. The van der Waals surface area contributed by atoms with Crippen LogP contribution in [0, 0.1) is 11.6 Å². The molecule has 0 amide bonds. The van der Waals surface area contributed by atoms with E-state index >= 15 is 0 Å². The minimum atomic E-state index is -4.91. The molecule has 2 aliphatic heterocycles. The van der Waals surface area contributed by atoms with Crippen LogP contribution >= 0.6 is 15.9 Å². The Morgan fingerprint density at radius 1 is 0.902 bits per heavy atom. The summed E-state index contributed by atoms with van der Waals surface area (Å²) in [6, 6.07) is 9.62. The van der Waals surface area contributed by atoms with Crippen molar-refractivity contribution in [3.8, 4) is 5.75 Å². The highest BCUT2D eigenvalue weighted by Gasteiger charge is 2.53. The van der Waals surface area contributed by atoms with Crippen LogP contribution < -0.4 is 10.1 Å². The van der Waals surface area contributed by atoms with E-state index in [-0.39, 0.29) is 31.7 Å². The molecule has 0 aromatic heterocycles. The van der Waals surface area contributed by atoms with E-state index < -0.39 is 53.0 Å². The number of hydrogen-bond acceptors (Lipinski definition) is 4. The van der Waals surface area contributed by atoms with E-state index in [0.717, 1.165) is 23.1 Å². The number of likely N-dealkylation sites (tertiary alicyclic amines) is 1. The molecule has 0 saturated carbocycles. The van der Waals surface area contributed by atoms with Gasteiger partial charge < -0.3 is 10.1 Å². The summed E-state index contributed by atoms with van der Waals surface area (Å²) in [6.45, 7) is -0.336. The molecule has 4 nitrogen and oxygen atoms in total. The fraction of sp³-hybridized carbons (Fsp3) is 0.321. The number of rotatable bonds is 4. The van der Waals surface area contributed by atoms with Crippen LogP contribution in [-0.4, -0.2) is 41.9 Å². The third kappa shape index (κ3) is 5.92. The van der Waals surface area contributed by atoms with Gasteiger partial charge in [0.15, 0.2) is 17.4 Å². The number of nitrogens with one attached hydrogen (secondary N) is 1. The van der Waals surface area contributed by atoms with Crippen LogP contribution in [0.15, 0.2) is 65.1 Å². The number of alkyl halides is 6. The Labute approximate surface area is 237 Å². The number of carbonyl (C=O) groups excluding carboxylic acids is 1. The van der Waals surface area contributed by atoms with Crippen molar-refractivity contribution in [1.82, 2.24) is 4.90 Å². The van der Waals surface area contributed by atoms with Crippen LogP contribution in [0.4, 0.5) is 40.8 Å². The van der Waals surface area contributed by atoms with Crippen LogP contribution in [0.3, 0.4) is 0 Å². The molecule has 41 heavy (non-hydrogen) atoms. The number of ketones is 1. The third-order valence-electron chi connectivity index (χ3n) is 7.52. The molecule has 2 aliphatic rings. The van der Waals surface area contributed by atoms with Crippen molar-refractivity contribution in [3.05, 3.63) is 93.5 Å². The lowest BCUT2D eigenvalue weighted by Crippen LogP contribution is -2.58. The maximum Gasteiger partial charge on any atom is 0.573 e. The zero-order valence-electron chi connectivity index (χ0n) is 20.9. The largest absolute Gasteiger partial charge is 0.573 e. The van der Waals surface area contributed by atoms with Crippen LogP contribution in [0.1, 0.15) is 46.3 Å². The summed E-state index contributed by atoms with van der Waals surface area (Å²) in [5.74, 6) is -4.42. The van der Waals surface area contributed by atoms with Crippen molar-refractivity contribution < 1.29 is 44.7 Å². The van der Waals surface area contributed by atoms with Gasteiger partial charge in [0, 0.05) is 28.8 Å². The number of fused-ring (bicyclic) bond motifs is 1. The zero-order chi connectivity index (χ0) is 29.7.